The standard InChI is InChI=1S/C27H32FN5O8/c1-7-19(41-26(37)38-8-2)40-21-20(18(34)14-11-16-9-12-17(28)13-10-16)29-25(33(6)24(21)36)27(4,5)30-22(35)23-32-31-15(3)39-23/h9-10,12-13,19H,7-8,11,14H2,1-6H3,(H,30,35). The van der Waals surface area contributed by atoms with Gasteiger partial charge in [0.1, 0.15) is 11.6 Å². The van der Waals surface area contributed by atoms with E-state index in [1.165, 1.54) is 26.1 Å². The minimum absolute atomic E-state index is 0.0175. The summed E-state index contributed by atoms with van der Waals surface area (Å²) in [4.78, 5) is 56.1. The second kappa shape index (κ2) is 13.2. The van der Waals surface area contributed by atoms with Crippen molar-refractivity contribution >= 4 is 17.8 Å². The molecule has 2 aromatic heterocycles. The molecule has 0 aliphatic heterocycles. The van der Waals surface area contributed by atoms with Crippen molar-refractivity contribution in [2.45, 2.75) is 65.7 Å². The van der Waals surface area contributed by atoms with Crippen molar-refractivity contribution in [3.63, 3.8) is 0 Å². The molecule has 220 valence electrons. The van der Waals surface area contributed by atoms with Crippen molar-refractivity contribution in [1.29, 1.82) is 0 Å². The number of rotatable bonds is 12. The van der Waals surface area contributed by atoms with Gasteiger partial charge >= 0.3 is 18.0 Å². The third-order valence-corrected chi connectivity index (χ3v) is 5.85. The van der Waals surface area contributed by atoms with Gasteiger partial charge in [0, 0.05) is 26.8 Å². The van der Waals surface area contributed by atoms with Crippen molar-refractivity contribution in [1.82, 2.24) is 25.1 Å². The first-order valence-electron chi connectivity index (χ1n) is 12.9. The molecule has 0 bridgehead atoms. The smallest absolute Gasteiger partial charge is 0.446 e. The van der Waals surface area contributed by atoms with E-state index in [1.54, 1.807) is 39.8 Å². The molecule has 14 heteroatoms. The quantitative estimate of drug-likeness (QED) is 0.192. The molecule has 1 aromatic carbocycles. The van der Waals surface area contributed by atoms with Gasteiger partial charge in [-0.05, 0) is 44.9 Å². The van der Waals surface area contributed by atoms with Crippen molar-refractivity contribution in [3.05, 3.63) is 69.3 Å². The van der Waals surface area contributed by atoms with Crippen molar-refractivity contribution in [3.8, 4) is 5.75 Å². The number of amides is 1. The zero-order valence-electron chi connectivity index (χ0n) is 23.6. The maximum atomic E-state index is 13.6. The Labute approximate surface area is 235 Å². The molecule has 0 saturated carbocycles. The highest BCUT2D eigenvalue weighted by Crippen LogP contribution is 2.24. The summed E-state index contributed by atoms with van der Waals surface area (Å²) in [7, 11) is 1.39. The molecule has 1 amide bonds. The highest BCUT2D eigenvalue weighted by atomic mass is 19.1. The first kappa shape index (κ1) is 30.9. The average molecular weight is 574 g/mol. The Bertz CT molecular complexity index is 1470. The second-order valence-electron chi connectivity index (χ2n) is 9.49. The van der Waals surface area contributed by atoms with E-state index < -0.39 is 46.8 Å². The molecule has 0 aliphatic carbocycles. The van der Waals surface area contributed by atoms with Crippen LogP contribution in [0.5, 0.6) is 5.75 Å². The largest absolute Gasteiger partial charge is 0.511 e. The third-order valence-electron chi connectivity index (χ3n) is 5.85. The molecule has 1 unspecified atom stereocenters. The molecule has 1 atom stereocenters. The van der Waals surface area contributed by atoms with E-state index in [4.69, 9.17) is 18.6 Å². The van der Waals surface area contributed by atoms with E-state index in [0.29, 0.717) is 5.56 Å². The number of aromatic nitrogens is 4. The molecule has 0 spiro atoms. The van der Waals surface area contributed by atoms with Gasteiger partial charge in [0.2, 0.25) is 17.9 Å². The van der Waals surface area contributed by atoms with E-state index in [0.717, 1.165) is 4.57 Å². The number of hydrogen-bond donors (Lipinski definition) is 1. The fourth-order valence-corrected chi connectivity index (χ4v) is 3.83. The number of benzene rings is 1. The van der Waals surface area contributed by atoms with Crippen LogP contribution in [-0.2, 0) is 28.5 Å². The van der Waals surface area contributed by atoms with Crippen LogP contribution < -0.4 is 15.6 Å². The molecule has 0 saturated heterocycles. The summed E-state index contributed by atoms with van der Waals surface area (Å²) in [6, 6.07) is 5.64. The maximum Gasteiger partial charge on any atom is 0.511 e. The molecule has 0 fully saturated rings. The summed E-state index contributed by atoms with van der Waals surface area (Å²) >= 11 is 0. The van der Waals surface area contributed by atoms with Crippen LogP contribution in [0.25, 0.3) is 0 Å². The number of nitrogens with zero attached hydrogens (tertiary/aromatic N) is 4. The van der Waals surface area contributed by atoms with Crippen LogP contribution in [0, 0.1) is 12.7 Å². The third kappa shape index (κ3) is 7.74. The highest BCUT2D eigenvalue weighted by molar-refractivity contribution is 5.97. The topological polar surface area (TPSA) is 165 Å². The lowest BCUT2D eigenvalue weighted by Crippen LogP contribution is -2.46. The summed E-state index contributed by atoms with van der Waals surface area (Å²) in [5.41, 5.74) is -1.72. The highest BCUT2D eigenvalue weighted by Gasteiger charge is 2.34. The number of Topliss-reactive ketones (excluding diaryl/α,β-unsaturated/α-hetero) is 1. The summed E-state index contributed by atoms with van der Waals surface area (Å²) in [6.45, 7) is 7.97. The van der Waals surface area contributed by atoms with Gasteiger partial charge in [-0.15, -0.1) is 10.2 Å². The molecule has 13 nitrogen and oxygen atoms in total. The fraction of sp³-hybridized carbons (Fsp3) is 0.444. The summed E-state index contributed by atoms with van der Waals surface area (Å²) < 4.78 is 35.2. The lowest BCUT2D eigenvalue weighted by atomic mass is 10.0. The number of nitrogens with one attached hydrogen (secondary N) is 1. The van der Waals surface area contributed by atoms with Crippen LogP contribution in [0.3, 0.4) is 0 Å². The van der Waals surface area contributed by atoms with Crippen molar-refractivity contribution in [2.24, 2.45) is 7.05 Å². The van der Waals surface area contributed by atoms with Gasteiger partial charge in [-0.2, -0.15) is 0 Å². The van der Waals surface area contributed by atoms with Crippen LogP contribution in [0.15, 0.2) is 33.5 Å². The molecule has 3 rings (SSSR count). The molecule has 0 radical (unpaired) electrons. The van der Waals surface area contributed by atoms with Gasteiger partial charge in [-0.1, -0.05) is 19.1 Å². The Morgan fingerprint density at radius 3 is 2.41 bits per heavy atom. The molecule has 1 N–H and O–H groups in total. The van der Waals surface area contributed by atoms with Crippen LogP contribution >= 0.6 is 0 Å². The lowest BCUT2D eigenvalue weighted by Gasteiger charge is -2.28. The molecule has 0 aliphatic rings. The average Bonchev–Trinajstić information content (AvgIpc) is 3.36. The second-order valence-corrected chi connectivity index (χ2v) is 9.49. The number of hydrogen-bond acceptors (Lipinski definition) is 11. The number of carbonyl (C=O) groups excluding carboxylic acids is 3. The Balaban J connectivity index is 2.01. The Morgan fingerprint density at radius 2 is 1.83 bits per heavy atom. The van der Waals surface area contributed by atoms with Gasteiger partial charge < -0.3 is 23.9 Å². The summed E-state index contributed by atoms with van der Waals surface area (Å²) in [6.07, 6.45) is -2.03. The first-order chi connectivity index (χ1) is 19.4. The predicted octanol–water partition coefficient (Wildman–Crippen LogP) is 3.38. The monoisotopic (exact) mass is 573 g/mol. The zero-order chi connectivity index (χ0) is 30.3. The molecule has 3 aromatic rings. The van der Waals surface area contributed by atoms with Gasteiger partial charge in [0.25, 0.3) is 5.56 Å². The van der Waals surface area contributed by atoms with Crippen LogP contribution in [-0.4, -0.2) is 50.5 Å². The SMILES string of the molecule is CCOC(=O)OC(CC)Oc1c(C(=O)CCc2ccc(F)cc2)nc(C(C)(C)NC(=O)c2nnc(C)o2)n(C)c1=O. The van der Waals surface area contributed by atoms with Crippen LogP contribution in [0.2, 0.25) is 0 Å². The Hall–Kier alpha value is -4.62. The summed E-state index contributed by atoms with van der Waals surface area (Å²) in [5.74, 6) is -2.23. The van der Waals surface area contributed by atoms with E-state index in [1.807, 2.05) is 0 Å². The van der Waals surface area contributed by atoms with E-state index in [9.17, 15) is 23.6 Å². The minimum Gasteiger partial charge on any atom is -0.446 e. The number of halogens is 1. The van der Waals surface area contributed by atoms with Crippen molar-refractivity contribution < 1.29 is 37.4 Å². The number of ketones is 1. The van der Waals surface area contributed by atoms with Gasteiger partial charge in [-0.3, -0.25) is 19.0 Å². The van der Waals surface area contributed by atoms with Gasteiger partial charge in [0.05, 0.1) is 12.1 Å². The van der Waals surface area contributed by atoms with Crippen LogP contribution in [0.1, 0.15) is 79.0 Å². The predicted molar refractivity (Wildman–Crippen MR) is 141 cm³/mol. The number of aryl methyl sites for hydroxylation is 2. The number of carbonyl (C=O) groups is 3. The normalized spacial score (nSPS) is 12.0. The molecule has 41 heavy (non-hydrogen) atoms. The zero-order valence-corrected chi connectivity index (χ0v) is 23.6. The molecular weight excluding hydrogens is 541 g/mol. The number of ether oxygens (including phenoxy) is 3. The van der Waals surface area contributed by atoms with Gasteiger partial charge in [0.15, 0.2) is 11.5 Å². The maximum absolute atomic E-state index is 13.6. The summed E-state index contributed by atoms with van der Waals surface area (Å²) in [5, 5.41) is 10.0. The first-order valence-corrected chi connectivity index (χ1v) is 12.9. The fourth-order valence-electron chi connectivity index (χ4n) is 3.83. The van der Waals surface area contributed by atoms with E-state index in [2.05, 4.69) is 20.5 Å². The van der Waals surface area contributed by atoms with Gasteiger partial charge in [-0.25, -0.2) is 14.2 Å². The van der Waals surface area contributed by atoms with Crippen molar-refractivity contribution in [2.75, 3.05) is 6.61 Å². The minimum atomic E-state index is -1.32. The Morgan fingerprint density at radius 1 is 1.15 bits per heavy atom. The molecular formula is C27H32FN5O8. The van der Waals surface area contributed by atoms with Crippen LogP contribution in [0.4, 0.5) is 9.18 Å². The molecule has 2 heterocycles. The van der Waals surface area contributed by atoms with E-state index >= 15 is 0 Å². The lowest BCUT2D eigenvalue weighted by molar-refractivity contribution is -0.0656. The van der Waals surface area contributed by atoms with E-state index in [-0.39, 0.29) is 49.2 Å². The Kier molecular flexibility index (Phi) is 9.92.